The topological polar surface area (TPSA) is 46.3 Å². The summed E-state index contributed by atoms with van der Waals surface area (Å²) in [4.78, 5) is 0. The predicted molar refractivity (Wildman–Crippen MR) is 44.7 cm³/mol. The molecule has 1 heterocycles. The van der Waals surface area contributed by atoms with Gasteiger partial charge in [0.05, 0.1) is 5.69 Å². The van der Waals surface area contributed by atoms with E-state index < -0.39 is 18.0 Å². The minimum atomic E-state index is -4.54. The van der Waals surface area contributed by atoms with Crippen molar-refractivity contribution >= 4 is 11.8 Å². The number of nitrogens with zero attached hydrogens (tertiary/aromatic N) is 1. The average Bonchev–Trinajstić information content (AvgIpc) is 2.55. The lowest BCUT2D eigenvalue weighted by Crippen LogP contribution is -2.30. The number of hydrogen-bond acceptors (Lipinski definition) is 4. The molecule has 0 saturated carbocycles. The van der Waals surface area contributed by atoms with Crippen LogP contribution >= 0.6 is 11.8 Å². The summed E-state index contributed by atoms with van der Waals surface area (Å²) in [5, 5.41) is 12.1. The van der Waals surface area contributed by atoms with Gasteiger partial charge in [0, 0.05) is 17.6 Å². The summed E-state index contributed by atoms with van der Waals surface area (Å²) in [6.07, 6.45) is -5.48. The molecule has 0 aromatic carbocycles. The van der Waals surface area contributed by atoms with Crippen LogP contribution in [0.15, 0.2) is 16.9 Å². The number of thioether (sulfide) groups is 1. The molecule has 0 bridgehead atoms. The van der Waals surface area contributed by atoms with E-state index in [9.17, 15) is 13.2 Å². The van der Waals surface area contributed by atoms with E-state index in [0.29, 0.717) is 11.4 Å². The lowest BCUT2D eigenvalue weighted by atomic mass is 10.4. The zero-order valence-electron chi connectivity index (χ0n) is 6.99. The van der Waals surface area contributed by atoms with Crippen molar-refractivity contribution in [2.75, 3.05) is 5.75 Å². The molecular weight excluding hydrogens is 219 g/mol. The number of alkyl halides is 3. The van der Waals surface area contributed by atoms with Gasteiger partial charge >= 0.3 is 6.18 Å². The van der Waals surface area contributed by atoms with Crippen LogP contribution in [0.5, 0.6) is 0 Å². The number of aromatic nitrogens is 1. The molecule has 0 spiro atoms. The Morgan fingerprint density at radius 3 is 2.79 bits per heavy atom. The van der Waals surface area contributed by atoms with Crippen LogP contribution in [0.2, 0.25) is 0 Å². The smallest absolute Gasteiger partial charge is 0.383 e. The molecule has 0 saturated heterocycles. The Hall–Kier alpha value is -0.690. The van der Waals surface area contributed by atoms with Crippen LogP contribution in [-0.2, 0) is 5.75 Å². The van der Waals surface area contributed by atoms with Gasteiger partial charge in [0.25, 0.3) is 0 Å². The van der Waals surface area contributed by atoms with Gasteiger partial charge in [0.2, 0.25) is 0 Å². The number of rotatable bonds is 4. The first-order chi connectivity index (χ1) is 6.50. The van der Waals surface area contributed by atoms with Gasteiger partial charge in [-0.05, 0) is 0 Å². The molecule has 1 N–H and O–H groups in total. The van der Waals surface area contributed by atoms with Crippen LogP contribution in [0, 0.1) is 0 Å². The largest absolute Gasteiger partial charge is 0.415 e. The van der Waals surface area contributed by atoms with Gasteiger partial charge < -0.3 is 9.63 Å². The Morgan fingerprint density at radius 1 is 1.57 bits per heavy atom. The summed E-state index contributed by atoms with van der Waals surface area (Å²) in [5.41, 5.74) is 0.560. The number of hydrogen-bond donors (Lipinski definition) is 1. The van der Waals surface area contributed by atoms with E-state index in [1.807, 2.05) is 0 Å². The first kappa shape index (κ1) is 11.4. The van der Waals surface area contributed by atoms with E-state index in [2.05, 4.69) is 9.68 Å². The van der Waals surface area contributed by atoms with Crippen molar-refractivity contribution in [1.29, 1.82) is 0 Å². The quantitative estimate of drug-likeness (QED) is 0.852. The van der Waals surface area contributed by atoms with Crippen LogP contribution in [-0.4, -0.2) is 28.3 Å². The molecule has 1 aromatic heterocycles. The van der Waals surface area contributed by atoms with E-state index in [1.54, 1.807) is 6.07 Å². The Bertz CT molecular complexity index is 262. The molecule has 0 unspecified atom stereocenters. The second-order valence-corrected chi connectivity index (χ2v) is 3.59. The zero-order chi connectivity index (χ0) is 10.6. The van der Waals surface area contributed by atoms with Crippen molar-refractivity contribution in [2.24, 2.45) is 0 Å². The summed E-state index contributed by atoms with van der Waals surface area (Å²) in [6.45, 7) is 0. The van der Waals surface area contributed by atoms with Gasteiger partial charge in [-0.3, -0.25) is 0 Å². The molecule has 0 aliphatic carbocycles. The second kappa shape index (κ2) is 4.70. The zero-order valence-corrected chi connectivity index (χ0v) is 7.81. The van der Waals surface area contributed by atoms with Gasteiger partial charge in [-0.25, -0.2) is 0 Å². The highest BCUT2D eigenvalue weighted by atomic mass is 32.2. The fraction of sp³-hybridized carbons (Fsp3) is 0.571. The van der Waals surface area contributed by atoms with Crippen LogP contribution in [0.3, 0.4) is 0 Å². The third-order valence-electron chi connectivity index (χ3n) is 1.39. The van der Waals surface area contributed by atoms with Gasteiger partial charge in [-0.2, -0.15) is 24.9 Å². The van der Waals surface area contributed by atoms with E-state index in [0.717, 1.165) is 11.8 Å². The molecule has 0 aliphatic rings. The third-order valence-corrected chi connectivity index (χ3v) is 2.45. The highest BCUT2D eigenvalue weighted by Gasteiger charge is 2.37. The molecule has 7 heteroatoms. The molecule has 0 radical (unpaired) electrons. The fourth-order valence-corrected chi connectivity index (χ4v) is 1.57. The van der Waals surface area contributed by atoms with Crippen molar-refractivity contribution < 1.29 is 22.8 Å². The first-order valence-electron chi connectivity index (χ1n) is 3.72. The molecule has 3 nitrogen and oxygen atoms in total. The van der Waals surface area contributed by atoms with Crippen LogP contribution in [0.25, 0.3) is 0 Å². The van der Waals surface area contributed by atoms with Crippen LogP contribution < -0.4 is 0 Å². The van der Waals surface area contributed by atoms with Gasteiger partial charge in [0.1, 0.15) is 6.26 Å². The maximum absolute atomic E-state index is 11.8. The lowest BCUT2D eigenvalue weighted by Gasteiger charge is -2.13. The first-order valence-corrected chi connectivity index (χ1v) is 4.87. The average molecular weight is 227 g/mol. The van der Waals surface area contributed by atoms with Crippen molar-refractivity contribution in [1.82, 2.24) is 5.16 Å². The van der Waals surface area contributed by atoms with Crippen molar-refractivity contribution in [3.8, 4) is 0 Å². The third kappa shape index (κ3) is 3.59. The summed E-state index contributed by atoms with van der Waals surface area (Å²) < 4.78 is 39.9. The van der Waals surface area contributed by atoms with Gasteiger partial charge in [-0.1, -0.05) is 5.16 Å². The molecule has 14 heavy (non-hydrogen) atoms. The highest BCUT2D eigenvalue weighted by Crippen LogP contribution is 2.23. The highest BCUT2D eigenvalue weighted by molar-refractivity contribution is 7.98. The number of aliphatic hydroxyl groups excluding tert-OH is 1. The summed E-state index contributed by atoms with van der Waals surface area (Å²) in [5.74, 6) is -0.0972. The molecule has 0 amide bonds. The van der Waals surface area contributed by atoms with Gasteiger partial charge in [-0.15, -0.1) is 0 Å². The summed E-state index contributed by atoms with van der Waals surface area (Å²) >= 11 is 0.953. The Balaban J connectivity index is 2.22. The van der Waals surface area contributed by atoms with E-state index in [4.69, 9.17) is 5.11 Å². The molecule has 0 aliphatic heterocycles. The van der Waals surface area contributed by atoms with E-state index >= 15 is 0 Å². The monoisotopic (exact) mass is 227 g/mol. The van der Waals surface area contributed by atoms with Crippen molar-refractivity contribution in [3.63, 3.8) is 0 Å². The van der Waals surface area contributed by atoms with Crippen molar-refractivity contribution in [2.45, 2.75) is 18.0 Å². The minimum Gasteiger partial charge on any atom is -0.383 e. The Labute approximate surface area is 82.3 Å². The molecule has 1 rings (SSSR count). The number of aliphatic hydroxyl groups is 1. The molecular formula is C7H8F3NO2S. The number of halogens is 3. The SMILES string of the molecule is O[C@H](CSCc1ccon1)C(F)(F)F. The maximum Gasteiger partial charge on any atom is 0.415 e. The lowest BCUT2D eigenvalue weighted by molar-refractivity contribution is -0.195. The second-order valence-electron chi connectivity index (χ2n) is 2.56. The Morgan fingerprint density at radius 2 is 2.29 bits per heavy atom. The molecule has 1 aromatic rings. The molecule has 0 fully saturated rings. The minimum absolute atomic E-state index is 0.295. The van der Waals surface area contributed by atoms with Gasteiger partial charge in [0.15, 0.2) is 6.10 Å². The fourth-order valence-electron chi connectivity index (χ4n) is 0.682. The normalized spacial score (nSPS) is 14.3. The van der Waals surface area contributed by atoms with E-state index in [-0.39, 0.29) is 0 Å². The van der Waals surface area contributed by atoms with Crippen LogP contribution in [0.4, 0.5) is 13.2 Å². The van der Waals surface area contributed by atoms with Crippen molar-refractivity contribution in [3.05, 3.63) is 18.0 Å². The molecule has 1 atom stereocenters. The predicted octanol–water partition coefficient (Wildman–Crippen LogP) is 1.83. The Kier molecular flexibility index (Phi) is 3.82. The standard InChI is InChI=1S/C7H8F3NO2S/c8-7(9,10)6(12)4-14-3-5-1-2-13-11-5/h1-2,6,12H,3-4H2/t6-/m1/s1. The summed E-state index contributed by atoms with van der Waals surface area (Å²) in [6, 6.07) is 1.56. The molecule has 80 valence electrons. The van der Waals surface area contributed by atoms with E-state index in [1.165, 1.54) is 6.26 Å². The van der Waals surface area contributed by atoms with Crippen LogP contribution in [0.1, 0.15) is 5.69 Å². The summed E-state index contributed by atoms with van der Waals surface area (Å²) in [7, 11) is 0. The maximum atomic E-state index is 11.8.